The van der Waals surface area contributed by atoms with Crippen LogP contribution in [0.5, 0.6) is 0 Å². The topological polar surface area (TPSA) is 46.0 Å². The maximum atomic E-state index is 10.4. The Bertz CT molecular complexity index is 703. The van der Waals surface area contributed by atoms with Crippen LogP contribution in [-0.4, -0.2) is 15.1 Å². The summed E-state index contributed by atoms with van der Waals surface area (Å²) < 4.78 is 0. The summed E-state index contributed by atoms with van der Waals surface area (Å²) in [5.41, 5.74) is 2.66. The highest BCUT2D eigenvalue weighted by Crippen LogP contribution is 2.25. The number of hydrogen-bond donors (Lipinski definition) is 1. The molecule has 96 valence electrons. The molecule has 2 aromatic heterocycles. The first kappa shape index (κ1) is 12.3. The zero-order chi connectivity index (χ0) is 13.2. The molecular formula is C15H14N2OS. The Morgan fingerprint density at radius 2 is 2.11 bits per heavy atom. The molecule has 0 aliphatic rings. The Balaban J connectivity index is 1.95. The molecule has 3 rings (SSSR count). The SMILES string of the molecule is Cc1nc(CC(O)c2cccc3cccnc23)cs1. The second-order valence-electron chi connectivity index (χ2n) is 4.50. The first-order valence-electron chi connectivity index (χ1n) is 6.17. The van der Waals surface area contributed by atoms with Crippen molar-refractivity contribution >= 4 is 22.2 Å². The van der Waals surface area contributed by atoms with Gasteiger partial charge in [0.25, 0.3) is 0 Å². The molecule has 4 heteroatoms. The highest BCUT2D eigenvalue weighted by atomic mass is 32.1. The highest BCUT2D eigenvalue weighted by molar-refractivity contribution is 7.09. The summed E-state index contributed by atoms with van der Waals surface area (Å²) in [6, 6.07) is 9.80. The molecule has 0 saturated carbocycles. The van der Waals surface area contributed by atoms with Crippen molar-refractivity contribution in [2.24, 2.45) is 0 Å². The van der Waals surface area contributed by atoms with Crippen LogP contribution in [0.3, 0.4) is 0 Å². The molecule has 0 radical (unpaired) electrons. The molecule has 2 heterocycles. The number of aliphatic hydroxyl groups is 1. The molecule has 1 aromatic carbocycles. The molecule has 0 aliphatic heterocycles. The van der Waals surface area contributed by atoms with Crippen LogP contribution in [0.4, 0.5) is 0 Å². The third kappa shape index (κ3) is 2.50. The maximum absolute atomic E-state index is 10.4. The normalized spacial score (nSPS) is 12.7. The van der Waals surface area contributed by atoms with Gasteiger partial charge in [0, 0.05) is 28.9 Å². The van der Waals surface area contributed by atoms with Crippen LogP contribution >= 0.6 is 11.3 Å². The number of para-hydroxylation sites is 1. The van der Waals surface area contributed by atoms with Crippen molar-refractivity contribution in [3.63, 3.8) is 0 Å². The number of rotatable bonds is 3. The van der Waals surface area contributed by atoms with E-state index in [1.54, 1.807) is 17.5 Å². The van der Waals surface area contributed by atoms with Crippen molar-refractivity contribution in [1.82, 2.24) is 9.97 Å². The third-order valence-electron chi connectivity index (χ3n) is 3.09. The fourth-order valence-corrected chi connectivity index (χ4v) is 2.83. The Kier molecular flexibility index (Phi) is 3.27. The number of aryl methyl sites for hydroxylation is 1. The third-order valence-corrected chi connectivity index (χ3v) is 3.91. The number of pyridine rings is 1. The van der Waals surface area contributed by atoms with Crippen LogP contribution in [0.2, 0.25) is 0 Å². The van der Waals surface area contributed by atoms with Gasteiger partial charge in [0.2, 0.25) is 0 Å². The number of benzene rings is 1. The molecule has 3 aromatic rings. The van der Waals surface area contributed by atoms with E-state index < -0.39 is 6.10 Å². The van der Waals surface area contributed by atoms with Gasteiger partial charge in [-0.2, -0.15) is 0 Å². The summed E-state index contributed by atoms with van der Waals surface area (Å²) >= 11 is 1.61. The number of fused-ring (bicyclic) bond motifs is 1. The molecule has 19 heavy (non-hydrogen) atoms. The number of aliphatic hydroxyl groups excluding tert-OH is 1. The Morgan fingerprint density at radius 3 is 2.89 bits per heavy atom. The van der Waals surface area contributed by atoms with Gasteiger partial charge in [0.1, 0.15) is 0 Å². The first-order chi connectivity index (χ1) is 9.24. The predicted octanol–water partition coefficient (Wildman–Crippen LogP) is 3.28. The second-order valence-corrected chi connectivity index (χ2v) is 5.56. The highest BCUT2D eigenvalue weighted by Gasteiger charge is 2.14. The van der Waals surface area contributed by atoms with E-state index >= 15 is 0 Å². The van der Waals surface area contributed by atoms with E-state index in [4.69, 9.17) is 0 Å². The Labute approximate surface area is 115 Å². The van der Waals surface area contributed by atoms with Gasteiger partial charge in [0.05, 0.1) is 22.3 Å². The molecule has 3 nitrogen and oxygen atoms in total. The van der Waals surface area contributed by atoms with E-state index in [1.165, 1.54) is 0 Å². The average molecular weight is 270 g/mol. The standard InChI is InChI=1S/C15H14N2OS/c1-10-17-12(9-19-10)8-14(18)13-6-2-4-11-5-3-7-16-15(11)13/h2-7,9,14,18H,8H2,1H3. The van der Waals surface area contributed by atoms with Gasteiger partial charge in [-0.05, 0) is 13.0 Å². The molecule has 0 amide bonds. The van der Waals surface area contributed by atoms with Crippen LogP contribution in [0.15, 0.2) is 41.9 Å². The molecule has 0 spiro atoms. The van der Waals surface area contributed by atoms with E-state index in [0.29, 0.717) is 6.42 Å². The quantitative estimate of drug-likeness (QED) is 0.794. The van der Waals surface area contributed by atoms with Crippen molar-refractivity contribution in [3.8, 4) is 0 Å². The van der Waals surface area contributed by atoms with Gasteiger partial charge in [-0.25, -0.2) is 4.98 Å². The van der Waals surface area contributed by atoms with Gasteiger partial charge in [0.15, 0.2) is 0 Å². The summed E-state index contributed by atoms with van der Waals surface area (Å²) in [6.07, 6.45) is 1.71. The lowest BCUT2D eigenvalue weighted by atomic mass is 10.0. The van der Waals surface area contributed by atoms with Gasteiger partial charge in [-0.3, -0.25) is 4.98 Å². The Hall–Kier alpha value is -1.78. The van der Waals surface area contributed by atoms with Crippen LogP contribution < -0.4 is 0 Å². The van der Waals surface area contributed by atoms with Gasteiger partial charge in [-0.15, -0.1) is 11.3 Å². The zero-order valence-electron chi connectivity index (χ0n) is 10.6. The molecule has 0 aliphatic carbocycles. The van der Waals surface area contributed by atoms with Crippen LogP contribution in [-0.2, 0) is 6.42 Å². The van der Waals surface area contributed by atoms with Gasteiger partial charge in [-0.1, -0.05) is 24.3 Å². The number of aromatic nitrogens is 2. The number of hydrogen-bond acceptors (Lipinski definition) is 4. The predicted molar refractivity (Wildman–Crippen MR) is 77.3 cm³/mol. The monoisotopic (exact) mass is 270 g/mol. The first-order valence-corrected chi connectivity index (χ1v) is 7.05. The Morgan fingerprint density at radius 1 is 1.26 bits per heavy atom. The summed E-state index contributed by atoms with van der Waals surface area (Å²) in [4.78, 5) is 8.77. The zero-order valence-corrected chi connectivity index (χ0v) is 11.4. The fraction of sp³-hybridized carbons (Fsp3) is 0.200. The number of thiazole rings is 1. The second kappa shape index (κ2) is 5.07. The fourth-order valence-electron chi connectivity index (χ4n) is 2.21. The maximum Gasteiger partial charge on any atom is 0.0897 e. The van der Waals surface area contributed by atoms with Crippen molar-refractivity contribution in [2.75, 3.05) is 0 Å². The molecule has 1 N–H and O–H groups in total. The lowest BCUT2D eigenvalue weighted by molar-refractivity contribution is 0.178. The minimum absolute atomic E-state index is 0.528. The molecular weight excluding hydrogens is 256 g/mol. The van der Waals surface area contributed by atoms with E-state index in [0.717, 1.165) is 27.2 Å². The lowest BCUT2D eigenvalue weighted by Gasteiger charge is -2.11. The van der Waals surface area contributed by atoms with Crippen molar-refractivity contribution in [3.05, 3.63) is 58.2 Å². The van der Waals surface area contributed by atoms with E-state index in [1.807, 2.05) is 42.6 Å². The van der Waals surface area contributed by atoms with Crippen LogP contribution in [0.25, 0.3) is 10.9 Å². The van der Waals surface area contributed by atoms with E-state index in [2.05, 4.69) is 9.97 Å². The van der Waals surface area contributed by atoms with Crippen molar-refractivity contribution in [2.45, 2.75) is 19.4 Å². The summed E-state index contributed by atoms with van der Waals surface area (Å²) in [7, 11) is 0. The molecule has 1 unspecified atom stereocenters. The van der Waals surface area contributed by atoms with E-state index in [9.17, 15) is 5.11 Å². The molecule has 0 saturated heterocycles. The molecule has 1 atom stereocenters. The average Bonchev–Trinajstić information content (AvgIpc) is 2.83. The van der Waals surface area contributed by atoms with Crippen LogP contribution in [0.1, 0.15) is 22.4 Å². The summed E-state index contributed by atoms with van der Waals surface area (Å²) in [5.74, 6) is 0. The largest absolute Gasteiger partial charge is 0.388 e. The minimum Gasteiger partial charge on any atom is -0.388 e. The van der Waals surface area contributed by atoms with Crippen molar-refractivity contribution in [1.29, 1.82) is 0 Å². The van der Waals surface area contributed by atoms with E-state index in [-0.39, 0.29) is 0 Å². The van der Waals surface area contributed by atoms with Gasteiger partial charge >= 0.3 is 0 Å². The molecule has 0 bridgehead atoms. The van der Waals surface area contributed by atoms with Gasteiger partial charge < -0.3 is 5.11 Å². The van der Waals surface area contributed by atoms with Crippen molar-refractivity contribution < 1.29 is 5.11 Å². The van der Waals surface area contributed by atoms with Crippen LogP contribution in [0, 0.1) is 6.92 Å². The number of nitrogens with zero attached hydrogens (tertiary/aromatic N) is 2. The lowest BCUT2D eigenvalue weighted by Crippen LogP contribution is -2.03. The summed E-state index contributed by atoms with van der Waals surface area (Å²) in [5, 5.41) is 14.5. The summed E-state index contributed by atoms with van der Waals surface area (Å²) in [6.45, 7) is 1.97. The molecule has 0 fully saturated rings. The smallest absolute Gasteiger partial charge is 0.0897 e. The minimum atomic E-state index is -0.569.